The van der Waals surface area contributed by atoms with Gasteiger partial charge in [-0.15, -0.1) is 0 Å². The molecule has 0 radical (unpaired) electrons. The minimum atomic E-state index is -0.683. The summed E-state index contributed by atoms with van der Waals surface area (Å²) in [5.74, 6) is 0.204. The van der Waals surface area contributed by atoms with E-state index >= 15 is 0 Å². The van der Waals surface area contributed by atoms with E-state index in [1.54, 1.807) is 30.5 Å². The number of aromatic nitrogens is 1. The molecule has 3 rings (SSSR count). The lowest BCUT2D eigenvalue weighted by atomic mass is 9.78. The van der Waals surface area contributed by atoms with Crippen molar-refractivity contribution in [1.29, 1.82) is 0 Å². The smallest absolute Gasteiger partial charge is 0.174 e. The van der Waals surface area contributed by atoms with Crippen molar-refractivity contribution >= 4 is 16.7 Å². The number of pyridine rings is 1. The SMILES string of the molecule is CC(C)(C(=O)c1cnc2ccccc2c1)c1ccc(O)cc1. The Bertz CT molecular complexity index is 835. The van der Waals surface area contributed by atoms with Crippen molar-refractivity contribution in [2.45, 2.75) is 19.3 Å². The molecule has 0 aliphatic rings. The standard InChI is InChI=1S/C19H17NO2/c1-19(2,15-7-9-16(21)10-8-15)18(22)14-11-13-5-3-4-6-17(13)20-12-14/h3-12,21H,1-2H3. The number of nitrogens with zero attached hydrogens (tertiary/aromatic N) is 1. The molecule has 0 fully saturated rings. The molecule has 0 aliphatic heterocycles. The van der Waals surface area contributed by atoms with Crippen molar-refractivity contribution < 1.29 is 9.90 Å². The number of phenols is 1. The topological polar surface area (TPSA) is 50.2 Å². The molecule has 3 heteroatoms. The fraction of sp³-hybridized carbons (Fsp3) is 0.158. The van der Waals surface area contributed by atoms with Crippen LogP contribution in [0.3, 0.4) is 0 Å². The Kier molecular flexibility index (Phi) is 3.41. The summed E-state index contributed by atoms with van der Waals surface area (Å²) in [6.45, 7) is 3.77. The Hall–Kier alpha value is -2.68. The van der Waals surface area contributed by atoms with Crippen LogP contribution in [0, 0.1) is 0 Å². The van der Waals surface area contributed by atoms with Crippen LogP contribution < -0.4 is 0 Å². The largest absolute Gasteiger partial charge is 0.508 e. The number of benzene rings is 2. The van der Waals surface area contributed by atoms with Crippen LogP contribution >= 0.6 is 0 Å². The summed E-state index contributed by atoms with van der Waals surface area (Å²) in [6, 6.07) is 16.4. The molecule has 0 atom stereocenters. The van der Waals surface area contributed by atoms with Crippen LogP contribution in [0.1, 0.15) is 29.8 Å². The van der Waals surface area contributed by atoms with Crippen LogP contribution in [-0.4, -0.2) is 15.9 Å². The highest BCUT2D eigenvalue weighted by atomic mass is 16.3. The second kappa shape index (κ2) is 5.26. The van der Waals surface area contributed by atoms with E-state index in [0.29, 0.717) is 5.56 Å². The van der Waals surface area contributed by atoms with Gasteiger partial charge in [0, 0.05) is 17.1 Å². The van der Waals surface area contributed by atoms with Gasteiger partial charge < -0.3 is 5.11 Å². The first-order valence-corrected chi connectivity index (χ1v) is 7.17. The Morgan fingerprint density at radius 2 is 1.73 bits per heavy atom. The third kappa shape index (κ3) is 2.46. The number of para-hydroxylation sites is 1. The second-order valence-corrected chi connectivity index (χ2v) is 5.92. The van der Waals surface area contributed by atoms with Crippen molar-refractivity contribution in [3.8, 4) is 5.75 Å². The summed E-state index contributed by atoms with van der Waals surface area (Å²) < 4.78 is 0. The van der Waals surface area contributed by atoms with E-state index in [9.17, 15) is 9.90 Å². The molecule has 1 aromatic heterocycles. The minimum Gasteiger partial charge on any atom is -0.508 e. The van der Waals surface area contributed by atoms with Crippen molar-refractivity contribution in [3.63, 3.8) is 0 Å². The number of Topliss-reactive ketones (excluding diaryl/α,β-unsaturated/α-hetero) is 1. The number of carbonyl (C=O) groups excluding carboxylic acids is 1. The number of hydrogen-bond acceptors (Lipinski definition) is 3. The molecule has 0 spiro atoms. The maximum absolute atomic E-state index is 12.9. The molecule has 0 aliphatic carbocycles. The first-order valence-electron chi connectivity index (χ1n) is 7.17. The molecule has 0 saturated heterocycles. The molecule has 1 heterocycles. The Morgan fingerprint density at radius 3 is 2.45 bits per heavy atom. The number of fused-ring (bicyclic) bond motifs is 1. The number of phenolic OH excluding ortho intramolecular Hbond substituents is 1. The normalized spacial score (nSPS) is 11.5. The molecule has 1 N–H and O–H groups in total. The predicted molar refractivity (Wildman–Crippen MR) is 87.2 cm³/mol. The van der Waals surface area contributed by atoms with Gasteiger partial charge in [-0.25, -0.2) is 0 Å². The predicted octanol–water partition coefficient (Wildman–Crippen LogP) is 4.10. The van der Waals surface area contributed by atoms with E-state index in [-0.39, 0.29) is 11.5 Å². The lowest BCUT2D eigenvalue weighted by molar-refractivity contribution is 0.0908. The van der Waals surface area contributed by atoms with Crippen LogP contribution in [-0.2, 0) is 5.41 Å². The first-order chi connectivity index (χ1) is 10.5. The molecule has 2 aromatic carbocycles. The zero-order valence-corrected chi connectivity index (χ0v) is 12.6. The number of rotatable bonds is 3. The molecule has 0 unspecified atom stereocenters. The Labute approximate surface area is 129 Å². The molecular formula is C19H17NO2. The van der Waals surface area contributed by atoms with Crippen molar-refractivity contribution in [2.24, 2.45) is 0 Å². The molecule has 3 nitrogen and oxygen atoms in total. The maximum Gasteiger partial charge on any atom is 0.174 e. The lowest BCUT2D eigenvalue weighted by Crippen LogP contribution is -2.29. The van der Waals surface area contributed by atoms with Crippen LogP contribution in [0.25, 0.3) is 10.9 Å². The van der Waals surface area contributed by atoms with Crippen molar-refractivity contribution in [1.82, 2.24) is 4.98 Å². The van der Waals surface area contributed by atoms with Gasteiger partial charge in [0.15, 0.2) is 5.78 Å². The number of hydrogen-bond donors (Lipinski definition) is 1. The summed E-state index contributed by atoms with van der Waals surface area (Å²) >= 11 is 0. The molecule has 0 amide bonds. The lowest BCUT2D eigenvalue weighted by Gasteiger charge is -2.24. The van der Waals surface area contributed by atoms with E-state index in [2.05, 4.69) is 4.98 Å². The van der Waals surface area contributed by atoms with Crippen LogP contribution in [0.2, 0.25) is 0 Å². The Morgan fingerprint density at radius 1 is 1.05 bits per heavy atom. The zero-order chi connectivity index (χ0) is 15.7. The van der Waals surface area contributed by atoms with Gasteiger partial charge in [0.05, 0.1) is 10.9 Å². The van der Waals surface area contributed by atoms with Gasteiger partial charge >= 0.3 is 0 Å². The molecular weight excluding hydrogens is 274 g/mol. The Balaban J connectivity index is 2.01. The van der Waals surface area contributed by atoms with E-state index in [1.165, 1.54) is 0 Å². The highest BCUT2D eigenvalue weighted by molar-refractivity contribution is 6.05. The van der Waals surface area contributed by atoms with Gasteiger partial charge in [-0.1, -0.05) is 30.3 Å². The summed E-state index contributed by atoms with van der Waals surface area (Å²) in [7, 11) is 0. The average molecular weight is 291 g/mol. The van der Waals surface area contributed by atoms with Gasteiger partial charge in [-0.3, -0.25) is 9.78 Å². The van der Waals surface area contributed by atoms with E-state index in [4.69, 9.17) is 0 Å². The monoisotopic (exact) mass is 291 g/mol. The van der Waals surface area contributed by atoms with Gasteiger partial charge in [0.1, 0.15) is 5.75 Å². The molecule has 0 saturated carbocycles. The van der Waals surface area contributed by atoms with Crippen LogP contribution in [0.4, 0.5) is 0 Å². The van der Waals surface area contributed by atoms with Crippen molar-refractivity contribution in [2.75, 3.05) is 0 Å². The molecule has 0 bridgehead atoms. The van der Waals surface area contributed by atoms with E-state index < -0.39 is 5.41 Å². The average Bonchev–Trinajstić information content (AvgIpc) is 2.54. The van der Waals surface area contributed by atoms with Crippen LogP contribution in [0.5, 0.6) is 5.75 Å². The third-order valence-corrected chi connectivity index (χ3v) is 4.01. The van der Waals surface area contributed by atoms with Gasteiger partial charge in [-0.05, 0) is 43.7 Å². The minimum absolute atomic E-state index is 0.0106. The third-order valence-electron chi connectivity index (χ3n) is 4.01. The summed E-state index contributed by atoms with van der Waals surface area (Å²) in [4.78, 5) is 17.3. The zero-order valence-electron chi connectivity index (χ0n) is 12.6. The number of carbonyl (C=O) groups is 1. The number of aromatic hydroxyl groups is 1. The number of ketones is 1. The van der Waals surface area contributed by atoms with Crippen molar-refractivity contribution in [3.05, 3.63) is 71.9 Å². The molecule has 110 valence electrons. The summed E-state index contributed by atoms with van der Waals surface area (Å²) in [6.07, 6.45) is 1.63. The maximum atomic E-state index is 12.9. The van der Waals surface area contributed by atoms with Gasteiger partial charge in [0.2, 0.25) is 0 Å². The van der Waals surface area contributed by atoms with Gasteiger partial charge in [-0.2, -0.15) is 0 Å². The fourth-order valence-corrected chi connectivity index (χ4v) is 2.57. The fourth-order valence-electron chi connectivity index (χ4n) is 2.57. The quantitative estimate of drug-likeness (QED) is 0.739. The van der Waals surface area contributed by atoms with E-state index in [1.807, 2.05) is 44.2 Å². The van der Waals surface area contributed by atoms with Crippen LogP contribution in [0.15, 0.2) is 60.8 Å². The highest BCUT2D eigenvalue weighted by Crippen LogP contribution is 2.29. The molecule has 3 aromatic rings. The second-order valence-electron chi connectivity index (χ2n) is 5.92. The highest BCUT2D eigenvalue weighted by Gasteiger charge is 2.30. The summed E-state index contributed by atoms with van der Waals surface area (Å²) in [5.41, 5.74) is 1.65. The molecule has 22 heavy (non-hydrogen) atoms. The first kappa shape index (κ1) is 14.3. The van der Waals surface area contributed by atoms with E-state index in [0.717, 1.165) is 16.5 Å². The summed E-state index contributed by atoms with van der Waals surface area (Å²) in [5, 5.41) is 10.4. The van der Waals surface area contributed by atoms with Gasteiger partial charge in [0.25, 0.3) is 0 Å².